The number of H-pyrrole nitrogens is 2. The Balaban J connectivity index is 2.17. The molecule has 148 valence electrons. The molecule has 1 fully saturated rings. The molecule has 0 spiro atoms. The molecule has 1 aliphatic heterocycles. The standard InChI is InChI=1S/C17H25N5O4S/c1-9-15(16(24)20-19-9)12(7-13(18)23)14-10(2)21-22(11(14)3)17(4)5-6-27(25,26)8-17/h12H,5-8H2,1-4H3,(H2,18,23)(H2,19,20,24)/t12-,17-/m0/s1. The van der Waals surface area contributed by atoms with Gasteiger partial charge in [-0.1, -0.05) is 0 Å². The lowest BCUT2D eigenvalue weighted by atomic mass is 9.87. The van der Waals surface area contributed by atoms with Crippen molar-refractivity contribution < 1.29 is 13.2 Å². The normalized spacial score (nSPS) is 22.8. The zero-order valence-corrected chi connectivity index (χ0v) is 16.7. The number of carbonyl (C=O) groups is 1. The van der Waals surface area contributed by atoms with Crippen molar-refractivity contribution in [2.75, 3.05) is 11.5 Å². The van der Waals surface area contributed by atoms with Gasteiger partial charge in [0.1, 0.15) is 0 Å². The number of aryl methyl sites for hydroxylation is 2. The summed E-state index contributed by atoms with van der Waals surface area (Å²) in [6, 6.07) is 0. The van der Waals surface area contributed by atoms with E-state index >= 15 is 0 Å². The summed E-state index contributed by atoms with van der Waals surface area (Å²) in [6.07, 6.45) is 0.436. The highest BCUT2D eigenvalue weighted by molar-refractivity contribution is 7.91. The second kappa shape index (κ2) is 6.36. The molecule has 0 radical (unpaired) electrons. The quantitative estimate of drug-likeness (QED) is 0.670. The number of nitrogens with zero attached hydrogens (tertiary/aromatic N) is 2. The molecule has 3 heterocycles. The molecule has 27 heavy (non-hydrogen) atoms. The molecule has 0 aliphatic carbocycles. The van der Waals surface area contributed by atoms with E-state index in [-0.39, 0.29) is 23.5 Å². The van der Waals surface area contributed by atoms with Crippen molar-refractivity contribution in [3.63, 3.8) is 0 Å². The number of rotatable bonds is 5. The second-order valence-electron chi connectivity index (χ2n) is 7.68. The maximum absolute atomic E-state index is 12.3. The highest BCUT2D eigenvalue weighted by Gasteiger charge is 2.42. The molecule has 2 aromatic heterocycles. The average molecular weight is 395 g/mol. The lowest BCUT2D eigenvalue weighted by Crippen LogP contribution is -2.33. The Labute approximate surface area is 157 Å². The van der Waals surface area contributed by atoms with Crippen molar-refractivity contribution in [1.82, 2.24) is 20.0 Å². The van der Waals surface area contributed by atoms with E-state index in [1.165, 1.54) is 0 Å². The summed E-state index contributed by atoms with van der Waals surface area (Å²) in [6.45, 7) is 7.27. The van der Waals surface area contributed by atoms with E-state index in [4.69, 9.17) is 5.73 Å². The number of sulfone groups is 1. The molecule has 9 nitrogen and oxygen atoms in total. The van der Waals surface area contributed by atoms with Crippen LogP contribution in [0, 0.1) is 20.8 Å². The number of hydrogen-bond acceptors (Lipinski definition) is 5. The Morgan fingerprint density at radius 1 is 1.30 bits per heavy atom. The number of aromatic amines is 2. The largest absolute Gasteiger partial charge is 0.370 e. The fraction of sp³-hybridized carbons (Fsp3) is 0.588. The van der Waals surface area contributed by atoms with Gasteiger partial charge in [-0.2, -0.15) is 5.10 Å². The van der Waals surface area contributed by atoms with Crippen LogP contribution >= 0.6 is 0 Å². The number of hydrogen-bond donors (Lipinski definition) is 3. The van der Waals surface area contributed by atoms with E-state index in [1.54, 1.807) is 18.5 Å². The minimum atomic E-state index is -3.11. The van der Waals surface area contributed by atoms with Gasteiger partial charge in [0.15, 0.2) is 9.84 Å². The monoisotopic (exact) mass is 395 g/mol. The Morgan fingerprint density at radius 2 is 1.96 bits per heavy atom. The zero-order chi connectivity index (χ0) is 20.1. The van der Waals surface area contributed by atoms with Crippen molar-refractivity contribution in [1.29, 1.82) is 0 Å². The molecule has 1 aliphatic rings. The molecule has 0 unspecified atom stereocenters. The fourth-order valence-electron chi connectivity index (χ4n) is 4.27. The molecule has 1 saturated heterocycles. The number of aromatic nitrogens is 4. The Hall–Kier alpha value is -2.36. The van der Waals surface area contributed by atoms with Crippen LogP contribution in [-0.4, -0.2) is 45.8 Å². The SMILES string of the molecule is Cc1nn([C@@]2(C)CCS(=O)(=O)C2)c(C)c1[C@H](CC(N)=O)c1c(C)[nH][nH]c1=O. The van der Waals surface area contributed by atoms with Crippen molar-refractivity contribution >= 4 is 15.7 Å². The van der Waals surface area contributed by atoms with Gasteiger partial charge in [-0.3, -0.25) is 19.4 Å². The van der Waals surface area contributed by atoms with Crippen molar-refractivity contribution in [3.8, 4) is 0 Å². The number of primary amides is 1. The minimum absolute atomic E-state index is 0.0195. The van der Waals surface area contributed by atoms with Gasteiger partial charge in [0.2, 0.25) is 5.91 Å². The molecular formula is C17H25N5O4S. The fourth-order valence-corrected chi connectivity index (χ4v) is 6.38. The van der Waals surface area contributed by atoms with E-state index in [2.05, 4.69) is 15.3 Å². The Morgan fingerprint density at radius 3 is 2.44 bits per heavy atom. The van der Waals surface area contributed by atoms with Gasteiger partial charge in [0.05, 0.1) is 22.7 Å². The van der Waals surface area contributed by atoms with Crippen LogP contribution in [0.4, 0.5) is 0 Å². The number of nitrogens with one attached hydrogen (secondary N) is 2. The van der Waals surface area contributed by atoms with Crippen LogP contribution in [0.2, 0.25) is 0 Å². The zero-order valence-electron chi connectivity index (χ0n) is 15.9. The molecule has 0 saturated carbocycles. The summed E-state index contributed by atoms with van der Waals surface area (Å²) in [7, 11) is -3.11. The highest BCUT2D eigenvalue weighted by Crippen LogP contribution is 2.37. The van der Waals surface area contributed by atoms with Gasteiger partial charge < -0.3 is 10.8 Å². The van der Waals surface area contributed by atoms with Crippen molar-refractivity contribution in [2.45, 2.75) is 52.0 Å². The maximum atomic E-state index is 12.3. The van der Waals surface area contributed by atoms with Gasteiger partial charge in [0, 0.05) is 34.9 Å². The van der Waals surface area contributed by atoms with Gasteiger partial charge in [-0.05, 0) is 34.1 Å². The first kappa shape index (κ1) is 19.4. The van der Waals surface area contributed by atoms with E-state index in [9.17, 15) is 18.0 Å². The summed E-state index contributed by atoms with van der Waals surface area (Å²) in [5.74, 6) is -0.932. The van der Waals surface area contributed by atoms with Crippen molar-refractivity contribution in [3.05, 3.63) is 38.6 Å². The van der Waals surface area contributed by atoms with Crippen LogP contribution in [0.5, 0.6) is 0 Å². The second-order valence-corrected chi connectivity index (χ2v) is 9.86. The lowest BCUT2D eigenvalue weighted by Gasteiger charge is -2.25. The van der Waals surface area contributed by atoms with Gasteiger partial charge >= 0.3 is 0 Å². The number of carbonyl (C=O) groups excluding carboxylic acids is 1. The van der Waals surface area contributed by atoms with Crippen LogP contribution in [0.25, 0.3) is 0 Å². The smallest absolute Gasteiger partial charge is 0.267 e. The summed E-state index contributed by atoms with van der Waals surface area (Å²) in [5.41, 5.74) is 7.73. The summed E-state index contributed by atoms with van der Waals surface area (Å²) < 4.78 is 25.8. The minimum Gasteiger partial charge on any atom is -0.370 e. The third-order valence-electron chi connectivity index (χ3n) is 5.46. The number of amides is 1. The Kier molecular flexibility index (Phi) is 4.57. The van der Waals surface area contributed by atoms with Gasteiger partial charge in [0.25, 0.3) is 5.56 Å². The maximum Gasteiger partial charge on any atom is 0.267 e. The first-order chi connectivity index (χ1) is 12.4. The van der Waals surface area contributed by atoms with E-state index in [0.29, 0.717) is 23.4 Å². The van der Waals surface area contributed by atoms with Crippen LogP contribution in [0.1, 0.15) is 53.9 Å². The van der Waals surface area contributed by atoms with Crippen LogP contribution in [0.15, 0.2) is 4.79 Å². The van der Waals surface area contributed by atoms with Crippen LogP contribution in [0.3, 0.4) is 0 Å². The first-order valence-corrected chi connectivity index (χ1v) is 10.6. The third kappa shape index (κ3) is 3.33. The molecule has 0 aromatic carbocycles. The third-order valence-corrected chi connectivity index (χ3v) is 7.34. The topological polar surface area (TPSA) is 144 Å². The van der Waals surface area contributed by atoms with Crippen LogP contribution in [-0.2, 0) is 20.2 Å². The number of nitrogens with two attached hydrogens (primary N) is 1. The van der Waals surface area contributed by atoms with Crippen LogP contribution < -0.4 is 11.3 Å². The molecule has 4 N–H and O–H groups in total. The summed E-state index contributed by atoms with van der Waals surface area (Å²) >= 11 is 0. The Bertz CT molecular complexity index is 1060. The molecule has 10 heteroatoms. The van der Waals surface area contributed by atoms with E-state index in [1.807, 2.05) is 13.8 Å². The molecule has 0 bridgehead atoms. The van der Waals surface area contributed by atoms with E-state index < -0.39 is 27.2 Å². The molecule has 3 rings (SSSR count). The highest BCUT2D eigenvalue weighted by atomic mass is 32.2. The molecular weight excluding hydrogens is 370 g/mol. The summed E-state index contributed by atoms with van der Waals surface area (Å²) in [4.78, 5) is 24.1. The molecule has 2 aromatic rings. The van der Waals surface area contributed by atoms with Crippen molar-refractivity contribution in [2.24, 2.45) is 5.73 Å². The predicted molar refractivity (Wildman–Crippen MR) is 100 cm³/mol. The summed E-state index contributed by atoms with van der Waals surface area (Å²) in [5, 5.41) is 9.93. The first-order valence-electron chi connectivity index (χ1n) is 8.77. The average Bonchev–Trinajstić information content (AvgIpc) is 3.13. The predicted octanol–water partition coefficient (Wildman–Crippen LogP) is 0.366. The van der Waals surface area contributed by atoms with Gasteiger partial charge in [-0.25, -0.2) is 8.42 Å². The van der Waals surface area contributed by atoms with E-state index in [0.717, 1.165) is 11.3 Å². The molecule has 1 amide bonds. The van der Waals surface area contributed by atoms with Gasteiger partial charge in [-0.15, -0.1) is 0 Å². The molecule has 2 atom stereocenters. The lowest BCUT2D eigenvalue weighted by molar-refractivity contribution is -0.118.